The molecule has 1 aromatic rings. The van der Waals surface area contributed by atoms with E-state index in [0.29, 0.717) is 6.54 Å². The molecule has 18 heavy (non-hydrogen) atoms. The van der Waals surface area contributed by atoms with Gasteiger partial charge in [0.25, 0.3) is 0 Å². The molecule has 0 bridgehead atoms. The molecule has 0 unspecified atom stereocenters. The van der Waals surface area contributed by atoms with Crippen molar-refractivity contribution in [3.05, 3.63) is 17.9 Å². The van der Waals surface area contributed by atoms with Crippen LogP contribution in [0.3, 0.4) is 0 Å². The lowest BCUT2D eigenvalue weighted by Crippen LogP contribution is -2.44. The molecule has 0 saturated carbocycles. The van der Waals surface area contributed by atoms with E-state index >= 15 is 0 Å². The van der Waals surface area contributed by atoms with Gasteiger partial charge in [0.15, 0.2) is 5.88 Å². The summed E-state index contributed by atoms with van der Waals surface area (Å²) in [5, 5.41) is 0. The van der Waals surface area contributed by atoms with Crippen molar-refractivity contribution < 1.29 is 4.42 Å². The fraction of sp³-hybridized carbons (Fsp3) is 0.692. The molecule has 1 aromatic heterocycles. The van der Waals surface area contributed by atoms with Gasteiger partial charge in [-0.25, -0.2) is 0 Å². The second-order valence-corrected chi connectivity index (χ2v) is 5.18. The minimum absolute atomic E-state index is 0.159. The number of likely N-dealkylation sites (N-methyl/N-ethyl adjacent to an activating group) is 2. The third-order valence-corrected chi connectivity index (χ3v) is 3.60. The minimum Gasteiger partial charge on any atom is -0.444 e. The number of nitrogens with zero attached hydrogens (tertiary/aromatic N) is 3. The first-order chi connectivity index (χ1) is 8.61. The van der Waals surface area contributed by atoms with Gasteiger partial charge in [0.2, 0.25) is 0 Å². The Morgan fingerprint density at radius 2 is 1.94 bits per heavy atom. The van der Waals surface area contributed by atoms with Gasteiger partial charge in [0, 0.05) is 38.8 Å². The van der Waals surface area contributed by atoms with E-state index in [1.807, 2.05) is 20.2 Å². The Hall–Kier alpha value is -1.04. The molecule has 0 aromatic carbocycles. The maximum Gasteiger partial charge on any atom is 0.195 e. The molecule has 1 aliphatic heterocycles. The third-order valence-electron chi connectivity index (χ3n) is 3.60. The van der Waals surface area contributed by atoms with Crippen molar-refractivity contribution in [2.24, 2.45) is 5.73 Å². The average molecular weight is 252 g/mol. The Morgan fingerprint density at radius 3 is 2.50 bits per heavy atom. The number of hydrogen-bond acceptors (Lipinski definition) is 5. The van der Waals surface area contributed by atoms with Crippen LogP contribution in [0.1, 0.15) is 11.8 Å². The number of anilines is 1. The molecule has 0 aliphatic carbocycles. The third kappa shape index (κ3) is 2.85. The minimum atomic E-state index is 0.159. The summed E-state index contributed by atoms with van der Waals surface area (Å²) in [5.74, 6) is 1.93. The molecule has 2 heterocycles. The van der Waals surface area contributed by atoms with Crippen molar-refractivity contribution in [2.75, 3.05) is 58.8 Å². The van der Waals surface area contributed by atoms with Crippen LogP contribution in [0.25, 0.3) is 0 Å². The first kappa shape index (κ1) is 13.4. The highest BCUT2D eigenvalue weighted by atomic mass is 16.4. The number of piperazine rings is 1. The van der Waals surface area contributed by atoms with Gasteiger partial charge >= 0.3 is 0 Å². The molecular formula is C13H24N4O. The maximum atomic E-state index is 5.96. The number of rotatable bonds is 4. The predicted molar refractivity (Wildman–Crippen MR) is 73.9 cm³/mol. The van der Waals surface area contributed by atoms with E-state index in [9.17, 15) is 0 Å². The lowest BCUT2D eigenvalue weighted by molar-refractivity contribution is 0.261. The van der Waals surface area contributed by atoms with E-state index in [2.05, 4.69) is 27.8 Å². The van der Waals surface area contributed by atoms with E-state index in [0.717, 1.165) is 37.8 Å². The molecule has 1 aliphatic rings. The van der Waals surface area contributed by atoms with Crippen molar-refractivity contribution >= 4 is 5.88 Å². The maximum absolute atomic E-state index is 5.96. The number of nitrogens with two attached hydrogens (primary N) is 1. The highest BCUT2D eigenvalue weighted by Gasteiger charge is 2.20. The normalized spacial score (nSPS) is 19.5. The quantitative estimate of drug-likeness (QED) is 0.850. The summed E-state index contributed by atoms with van der Waals surface area (Å²) in [4.78, 5) is 6.72. The topological polar surface area (TPSA) is 48.9 Å². The molecular weight excluding hydrogens is 228 g/mol. The number of hydrogen-bond donors (Lipinski definition) is 1. The largest absolute Gasteiger partial charge is 0.444 e. The van der Waals surface area contributed by atoms with Crippen LogP contribution in [-0.2, 0) is 0 Å². The molecule has 2 rings (SSSR count). The highest BCUT2D eigenvalue weighted by molar-refractivity contribution is 5.37. The fourth-order valence-electron chi connectivity index (χ4n) is 2.30. The summed E-state index contributed by atoms with van der Waals surface area (Å²) in [7, 11) is 6.20. The first-order valence-electron chi connectivity index (χ1n) is 6.51. The van der Waals surface area contributed by atoms with Gasteiger partial charge in [-0.15, -0.1) is 0 Å². The summed E-state index contributed by atoms with van der Waals surface area (Å²) in [6.45, 7) is 4.80. The van der Waals surface area contributed by atoms with E-state index < -0.39 is 0 Å². The van der Waals surface area contributed by atoms with E-state index in [4.69, 9.17) is 10.2 Å². The summed E-state index contributed by atoms with van der Waals surface area (Å²) < 4.78 is 5.96. The summed E-state index contributed by atoms with van der Waals surface area (Å²) in [5.41, 5.74) is 5.79. The zero-order chi connectivity index (χ0) is 13.1. The van der Waals surface area contributed by atoms with Gasteiger partial charge in [0.1, 0.15) is 5.76 Å². The molecule has 0 spiro atoms. The van der Waals surface area contributed by atoms with Crippen molar-refractivity contribution in [1.29, 1.82) is 0 Å². The summed E-state index contributed by atoms with van der Waals surface area (Å²) in [6.07, 6.45) is 0. The molecule has 1 saturated heterocycles. The standard InChI is InChI=1S/C13H24N4O/c1-15(2)11(10-14)12-4-5-13(18-12)17-8-6-16(3)7-9-17/h4-5,11H,6-10,14H2,1-3H3/t11-/m1/s1. The fourth-order valence-corrected chi connectivity index (χ4v) is 2.30. The summed E-state index contributed by atoms with van der Waals surface area (Å²) >= 11 is 0. The first-order valence-corrected chi connectivity index (χ1v) is 6.51. The van der Waals surface area contributed by atoms with Crippen molar-refractivity contribution in [3.8, 4) is 0 Å². The molecule has 5 heteroatoms. The summed E-state index contributed by atoms with van der Waals surface area (Å²) in [6, 6.07) is 4.27. The van der Waals surface area contributed by atoms with Crippen LogP contribution in [0, 0.1) is 0 Å². The molecule has 0 radical (unpaired) electrons. The van der Waals surface area contributed by atoms with E-state index in [1.54, 1.807) is 0 Å². The number of furan rings is 1. The lowest BCUT2D eigenvalue weighted by atomic mass is 10.2. The van der Waals surface area contributed by atoms with E-state index in [1.165, 1.54) is 0 Å². The Labute approximate surface area is 109 Å². The Kier molecular flexibility index (Phi) is 4.27. The predicted octanol–water partition coefficient (Wildman–Crippen LogP) is 0.593. The SMILES string of the molecule is CN1CCN(c2ccc([C@@H](CN)N(C)C)o2)CC1. The monoisotopic (exact) mass is 252 g/mol. The van der Waals surface area contributed by atoms with Gasteiger partial charge in [-0.2, -0.15) is 0 Å². The molecule has 5 nitrogen and oxygen atoms in total. The van der Waals surface area contributed by atoms with Crippen LogP contribution in [0.15, 0.2) is 16.5 Å². The second kappa shape index (κ2) is 5.73. The molecule has 102 valence electrons. The van der Waals surface area contributed by atoms with Gasteiger partial charge in [-0.05, 0) is 27.2 Å². The lowest BCUT2D eigenvalue weighted by Gasteiger charge is -2.32. The molecule has 1 atom stereocenters. The zero-order valence-electron chi connectivity index (χ0n) is 11.6. The van der Waals surface area contributed by atoms with Gasteiger partial charge in [-0.1, -0.05) is 0 Å². The van der Waals surface area contributed by atoms with Crippen LogP contribution in [-0.4, -0.2) is 63.7 Å². The Bertz CT molecular complexity index is 369. The Morgan fingerprint density at radius 1 is 1.28 bits per heavy atom. The van der Waals surface area contributed by atoms with Crippen LogP contribution in [0.2, 0.25) is 0 Å². The van der Waals surface area contributed by atoms with Crippen LogP contribution < -0.4 is 10.6 Å². The van der Waals surface area contributed by atoms with E-state index in [-0.39, 0.29) is 6.04 Å². The van der Waals surface area contributed by atoms with Crippen molar-refractivity contribution in [1.82, 2.24) is 9.80 Å². The van der Waals surface area contributed by atoms with Gasteiger partial charge < -0.3 is 20.0 Å². The highest BCUT2D eigenvalue weighted by Crippen LogP contribution is 2.25. The second-order valence-electron chi connectivity index (χ2n) is 5.18. The van der Waals surface area contributed by atoms with Crippen molar-refractivity contribution in [3.63, 3.8) is 0 Å². The zero-order valence-corrected chi connectivity index (χ0v) is 11.6. The van der Waals surface area contributed by atoms with Gasteiger partial charge in [0.05, 0.1) is 6.04 Å². The Balaban J connectivity index is 2.05. The smallest absolute Gasteiger partial charge is 0.195 e. The van der Waals surface area contributed by atoms with Crippen LogP contribution in [0.4, 0.5) is 5.88 Å². The van der Waals surface area contributed by atoms with Crippen molar-refractivity contribution in [2.45, 2.75) is 6.04 Å². The molecule has 2 N–H and O–H groups in total. The van der Waals surface area contributed by atoms with Gasteiger partial charge in [-0.3, -0.25) is 4.90 Å². The van der Waals surface area contributed by atoms with Crippen LogP contribution >= 0.6 is 0 Å². The average Bonchev–Trinajstić information content (AvgIpc) is 2.80. The molecule has 0 amide bonds. The van der Waals surface area contributed by atoms with Crippen LogP contribution in [0.5, 0.6) is 0 Å². The molecule has 1 fully saturated rings.